The van der Waals surface area contributed by atoms with Crippen LogP contribution in [-0.2, 0) is 9.59 Å². The van der Waals surface area contributed by atoms with Crippen LogP contribution in [-0.4, -0.2) is 11.8 Å². The van der Waals surface area contributed by atoms with Crippen LogP contribution in [0.2, 0.25) is 0 Å². The van der Waals surface area contributed by atoms with Gasteiger partial charge in [-0.15, -0.1) is 0 Å². The largest absolute Gasteiger partial charge is 0.397 e. The first-order chi connectivity index (χ1) is 12.0. The Morgan fingerprint density at radius 1 is 1.04 bits per heavy atom. The van der Waals surface area contributed by atoms with Crippen molar-refractivity contribution in [3.05, 3.63) is 66.2 Å². The van der Waals surface area contributed by atoms with E-state index in [4.69, 9.17) is 5.73 Å². The third-order valence-corrected chi connectivity index (χ3v) is 3.60. The number of para-hydroxylation sites is 2. The number of rotatable bonds is 7. The Bertz CT molecular complexity index is 752. The summed E-state index contributed by atoms with van der Waals surface area (Å²) >= 11 is 0. The van der Waals surface area contributed by atoms with E-state index in [1.807, 2.05) is 43.3 Å². The van der Waals surface area contributed by atoms with Crippen molar-refractivity contribution in [1.82, 2.24) is 0 Å². The third-order valence-electron chi connectivity index (χ3n) is 3.60. The number of nitrogen functional groups attached to an aromatic ring is 1. The number of carbonyl (C=O) groups excluding carboxylic acids is 2. The molecule has 2 amide bonds. The van der Waals surface area contributed by atoms with E-state index in [1.54, 1.807) is 18.2 Å². The number of nitrogens with one attached hydrogen (secondary N) is 2. The molecule has 0 aliphatic heterocycles. The van der Waals surface area contributed by atoms with Crippen LogP contribution in [0.5, 0.6) is 0 Å². The molecule has 2 aromatic carbocycles. The van der Waals surface area contributed by atoms with Gasteiger partial charge in [-0.05, 0) is 50.1 Å². The lowest BCUT2D eigenvalue weighted by Crippen LogP contribution is -2.11. The Morgan fingerprint density at radius 3 is 2.48 bits per heavy atom. The summed E-state index contributed by atoms with van der Waals surface area (Å²) in [4.78, 5) is 23.6. The lowest BCUT2D eigenvalue weighted by Gasteiger charge is -2.05. The normalized spacial score (nSPS) is 10.6. The number of hydrogen-bond donors (Lipinski definition) is 3. The number of carbonyl (C=O) groups is 2. The molecule has 0 atom stereocenters. The summed E-state index contributed by atoms with van der Waals surface area (Å²) < 4.78 is 0. The van der Waals surface area contributed by atoms with Crippen LogP contribution in [0.25, 0.3) is 0 Å². The highest BCUT2D eigenvalue weighted by Gasteiger charge is 2.02. The maximum absolute atomic E-state index is 11.8. The first-order valence-electron chi connectivity index (χ1n) is 8.23. The summed E-state index contributed by atoms with van der Waals surface area (Å²) in [6.45, 7) is 2.00. The van der Waals surface area contributed by atoms with Crippen molar-refractivity contribution in [2.24, 2.45) is 0 Å². The summed E-state index contributed by atoms with van der Waals surface area (Å²) in [5.74, 6) is -0.263. The molecule has 0 aliphatic rings. The van der Waals surface area contributed by atoms with Gasteiger partial charge in [-0.1, -0.05) is 35.9 Å². The Balaban J connectivity index is 1.67. The second-order valence-electron chi connectivity index (χ2n) is 5.79. The average molecular weight is 337 g/mol. The van der Waals surface area contributed by atoms with Crippen LogP contribution in [0.15, 0.2) is 60.7 Å². The van der Waals surface area contributed by atoms with E-state index in [0.29, 0.717) is 30.6 Å². The highest BCUT2D eigenvalue weighted by atomic mass is 16.2. The number of hydrogen-bond acceptors (Lipinski definition) is 3. The fraction of sp³-hybridized carbons (Fsp3) is 0.200. The molecule has 0 saturated heterocycles. The summed E-state index contributed by atoms with van der Waals surface area (Å²) in [6.07, 6.45) is 4.96. The fourth-order valence-corrected chi connectivity index (χ4v) is 2.22. The molecule has 0 unspecified atom stereocenters. The highest BCUT2D eigenvalue weighted by molar-refractivity contribution is 6.01. The SMILES string of the molecule is Cc1ccc(NC(=O)CCC/C=C/C(=O)Nc2ccccc2N)cc1. The first-order valence-corrected chi connectivity index (χ1v) is 8.23. The van der Waals surface area contributed by atoms with Gasteiger partial charge in [0.1, 0.15) is 0 Å². The van der Waals surface area contributed by atoms with E-state index < -0.39 is 0 Å². The molecule has 4 N–H and O–H groups in total. The number of amides is 2. The van der Waals surface area contributed by atoms with E-state index >= 15 is 0 Å². The molecule has 2 rings (SSSR count). The maximum atomic E-state index is 11.8. The molecule has 0 aliphatic carbocycles. The second kappa shape index (κ2) is 9.27. The van der Waals surface area contributed by atoms with Crippen LogP contribution in [0, 0.1) is 6.92 Å². The number of aryl methyl sites for hydroxylation is 1. The minimum atomic E-state index is -0.234. The molecule has 0 spiro atoms. The Hall–Kier alpha value is -3.08. The van der Waals surface area contributed by atoms with Crippen LogP contribution >= 0.6 is 0 Å². The van der Waals surface area contributed by atoms with Gasteiger partial charge in [0.15, 0.2) is 0 Å². The monoisotopic (exact) mass is 337 g/mol. The first kappa shape index (κ1) is 18.3. The van der Waals surface area contributed by atoms with Gasteiger partial charge >= 0.3 is 0 Å². The molecule has 0 aromatic heterocycles. The lowest BCUT2D eigenvalue weighted by atomic mass is 10.2. The molecular weight excluding hydrogens is 314 g/mol. The van der Waals surface area contributed by atoms with Crippen molar-refractivity contribution in [2.75, 3.05) is 16.4 Å². The van der Waals surface area contributed by atoms with Crippen LogP contribution in [0.4, 0.5) is 17.1 Å². The molecule has 130 valence electrons. The average Bonchev–Trinajstić information content (AvgIpc) is 2.59. The smallest absolute Gasteiger partial charge is 0.248 e. The Kier molecular flexibility index (Phi) is 6.77. The molecule has 5 nitrogen and oxygen atoms in total. The van der Waals surface area contributed by atoms with E-state index in [9.17, 15) is 9.59 Å². The predicted molar refractivity (Wildman–Crippen MR) is 102 cm³/mol. The number of anilines is 3. The van der Waals surface area contributed by atoms with Crippen molar-refractivity contribution in [2.45, 2.75) is 26.2 Å². The van der Waals surface area contributed by atoms with E-state index in [0.717, 1.165) is 11.3 Å². The van der Waals surface area contributed by atoms with Crippen molar-refractivity contribution < 1.29 is 9.59 Å². The van der Waals surface area contributed by atoms with Crippen molar-refractivity contribution in [1.29, 1.82) is 0 Å². The maximum Gasteiger partial charge on any atom is 0.248 e. The fourth-order valence-electron chi connectivity index (χ4n) is 2.22. The summed E-state index contributed by atoms with van der Waals surface area (Å²) in [5.41, 5.74) is 8.83. The Labute approximate surface area is 147 Å². The molecule has 0 fully saturated rings. The quantitative estimate of drug-likeness (QED) is 0.407. The van der Waals surface area contributed by atoms with Gasteiger partial charge in [0.2, 0.25) is 11.8 Å². The van der Waals surface area contributed by atoms with Crippen LogP contribution < -0.4 is 16.4 Å². The van der Waals surface area contributed by atoms with Gasteiger partial charge < -0.3 is 16.4 Å². The van der Waals surface area contributed by atoms with Gasteiger partial charge in [0, 0.05) is 12.1 Å². The zero-order chi connectivity index (χ0) is 18.1. The molecule has 0 bridgehead atoms. The summed E-state index contributed by atoms with van der Waals surface area (Å²) in [5, 5.41) is 5.57. The molecule has 0 radical (unpaired) electrons. The van der Waals surface area contributed by atoms with E-state index in [-0.39, 0.29) is 11.8 Å². The van der Waals surface area contributed by atoms with E-state index in [1.165, 1.54) is 6.08 Å². The number of nitrogens with two attached hydrogens (primary N) is 1. The molecule has 5 heteroatoms. The number of benzene rings is 2. The second-order valence-corrected chi connectivity index (χ2v) is 5.79. The molecule has 2 aromatic rings. The standard InChI is InChI=1S/C20H23N3O2/c1-15-11-13-16(14-12-15)22-19(24)9-3-2-4-10-20(25)23-18-8-6-5-7-17(18)21/h4-8,10-14H,2-3,9,21H2,1H3,(H,22,24)(H,23,25)/b10-4+. The van der Waals surface area contributed by atoms with Gasteiger partial charge in [0.25, 0.3) is 0 Å². The topological polar surface area (TPSA) is 84.2 Å². The van der Waals surface area contributed by atoms with Gasteiger partial charge in [-0.3, -0.25) is 9.59 Å². The van der Waals surface area contributed by atoms with Gasteiger partial charge in [-0.2, -0.15) is 0 Å². The van der Waals surface area contributed by atoms with Crippen molar-refractivity contribution in [3.63, 3.8) is 0 Å². The van der Waals surface area contributed by atoms with E-state index in [2.05, 4.69) is 10.6 Å². The minimum absolute atomic E-state index is 0.0289. The molecule has 25 heavy (non-hydrogen) atoms. The van der Waals surface area contributed by atoms with Crippen molar-refractivity contribution >= 4 is 28.9 Å². The number of allylic oxidation sites excluding steroid dienone is 1. The van der Waals surface area contributed by atoms with Crippen molar-refractivity contribution in [3.8, 4) is 0 Å². The minimum Gasteiger partial charge on any atom is -0.397 e. The summed E-state index contributed by atoms with van der Waals surface area (Å²) in [7, 11) is 0. The number of unbranched alkanes of at least 4 members (excludes halogenated alkanes) is 1. The van der Waals surface area contributed by atoms with Gasteiger partial charge in [0.05, 0.1) is 11.4 Å². The molecule has 0 heterocycles. The predicted octanol–water partition coefficient (Wildman–Crippen LogP) is 3.88. The van der Waals surface area contributed by atoms with Crippen LogP contribution in [0.3, 0.4) is 0 Å². The Morgan fingerprint density at radius 2 is 1.76 bits per heavy atom. The highest BCUT2D eigenvalue weighted by Crippen LogP contribution is 2.16. The van der Waals surface area contributed by atoms with Gasteiger partial charge in [-0.25, -0.2) is 0 Å². The third kappa shape index (κ3) is 6.51. The summed E-state index contributed by atoms with van der Waals surface area (Å²) in [6, 6.07) is 14.8. The van der Waals surface area contributed by atoms with Crippen LogP contribution in [0.1, 0.15) is 24.8 Å². The molecular formula is C20H23N3O2. The molecule has 0 saturated carbocycles. The lowest BCUT2D eigenvalue weighted by molar-refractivity contribution is -0.116. The zero-order valence-corrected chi connectivity index (χ0v) is 14.3. The zero-order valence-electron chi connectivity index (χ0n) is 14.3.